The number of piperazine rings is 1. The lowest BCUT2D eigenvalue weighted by Crippen LogP contribution is -2.52. The van der Waals surface area contributed by atoms with Crippen LogP contribution in [0.5, 0.6) is 0 Å². The maximum atomic E-state index is 15.5. The van der Waals surface area contributed by atoms with Crippen molar-refractivity contribution in [2.24, 2.45) is 5.92 Å². The van der Waals surface area contributed by atoms with Crippen LogP contribution in [0.15, 0.2) is 12.1 Å². The van der Waals surface area contributed by atoms with Crippen LogP contribution in [0.4, 0.5) is 10.1 Å². The average molecular weight is 627 g/mol. The van der Waals surface area contributed by atoms with E-state index in [-0.39, 0.29) is 43.1 Å². The van der Waals surface area contributed by atoms with E-state index in [9.17, 15) is 14.4 Å². The average Bonchev–Trinajstić information content (AvgIpc) is 3.68. The number of imide groups is 1. The zero-order valence-electron chi connectivity index (χ0n) is 26.9. The van der Waals surface area contributed by atoms with E-state index in [0.29, 0.717) is 22.9 Å². The number of benzene rings is 1. The Labute approximate surface area is 267 Å². The van der Waals surface area contributed by atoms with E-state index < -0.39 is 11.9 Å². The molecule has 1 saturated carbocycles. The summed E-state index contributed by atoms with van der Waals surface area (Å²) in [5.41, 5.74) is 1.17. The molecule has 45 heavy (non-hydrogen) atoms. The van der Waals surface area contributed by atoms with Gasteiger partial charge in [0.15, 0.2) is 5.82 Å². The Morgan fingerprint density at radius 1 is 0.889 bits per heavy atom. The molecule has 5 heterocycles. The monoisotopic (exact) mass is 626 g/mol. The lowest BCUT2D eigenvalue weighted by atomic mass is 9.97. The van der Waals surface area contributed by atoms with Crippen LogP contribution in [0, 0.1) is 11.7 Å². The molecular formula is C34H51FN6O4. The van der Waals surface area contributed by atoms with Gasteiger partial charge < -0.3 is 29.7 Å². The highest BCUT2D eigenvalue weighted by Crippen LogP contribution is 2.35. The van der Waals surface area contributed by atoms with Gasteiger partial charge in [-0.05, 0) is 76.7 Å². The van der Waals surface area contributed by atoms with Crippen molar-refractivity contribution in [3.8, 4) is 0 Å². The molecule has 7 rings (SSSR count). The number of ether oxygens (including phenoxy) is 1. The van der Waals surface area contributed by atoms with Crippen molar-refractivity contribution < 1.29 is 23.5 Å². The van der Waals surface area contributed by atoms with E-state index in [1.54, 1.807) is 12.1 Å². The van der Waals surface area contributed by atoms with Crippen molar-refractivity contribution in [3.05, 3.63) is 29.1 Å². The largest absolute Gasteiger partial charge is 0.375 e. The van der Waals surface area contributed by atoms with Gasteiger partial charge in [0.1, 0.15) is 6.04 Å². The number of nitrogens with one attached hydrogen (secondary N) is 2. The topological polar surface area (TPSA) is 97.5 Å². The molecule has 1 aliphatic carbocycles. The Morgan fingerprint density at radius 3 is 2.31 bits per heavy atom. The summed E-state index contributed by atoms with van der Waals surface area (Å²) in [5.74, 6) is -0.622. The second-order valence-corrected chi connectivity index (χ2v) is 13.9. The first-order chi connectivity index (χ1) is 21.9. The predicted molar refractivity (Wildman–Crippen MR) is 171 cm³/mol. The lowest BCUT2D eigenvalue weighted by Gasteiger charge is -2.36. The summed E-state index contributed by atoms with van der Waals surface area (Å²) < 4.78 is 21.8. The Bertz CT molecular complexity index is 1200. The molecule has 1 aromatic carbocycles. The molecule has 0 bridgehead atoms. The number of carbonyl (C=O) groups is 3. The highest BCUT2D eigenvalue weighted by atomic mass is 19.1. The molecule has 248 valence electrons. The fourth-order valence-electron chi connectivity index (χ4n) is 7.81. The Morgan fingerprint density at radius 2 is 1.62 bits per heavy atom. The number of anilines is 1. The first-order valence-electron chi connectivity index (χ1n) is 17.3. The Kier molecular flexibility index (Phi) is 10.7. The first kappa shape index (κ1) is 32.3. The van der Waals surface area contributed by atoms with Gasteiger partial charge >= 0.3 is 0 Å². The molecule has 11 heteroatoms. The molecule has 3 amide bonds. The summed E-state index contributed by atoms with van der Waals surface area (Å²) in [6.07, 6.45) is 10.3. The molecule has 0 radical (unpaired) electrons. The fourth-order valence-corrected chi connectivity index (χ4v) is 7.81. The number of halogens is 1. The number of amides is 3. The zero-order valence-corrected chi connectivity index (χ0v) is 26.9. The summed E-state index contributed by atoms with van der Waals surface area (Å²) in [6, 6.07) is 2.62. The molecule has 0 aromatic heterocycles. The van der Waals surface area contributed by atoms with E-state index >= 15 is 4.39 Å². The third kappa shape index (κ3) is 7.86. The zero-order chi connectivity index (χ0) is 31.3. The lowest BCUT2D eigenvalue weighted by molar-refractivity contribution is -0.136. The van der Waals surface area contributed by atoms with Crippen LogP contribution in [0.25, 0.3) is 0 Å². The SMILES string of the molecule is CN1CCN(CC2CCNC2)CC1.O=C1CCC(N2Cc3c(ccc(N4CCC(OC5CCCCC5)CC4)c3F)C2=O)C(=O)N1. The quantitative estimate of drug-likeness (QED) is 0.466. The van der Waals surface area contributed by atoms with Crippen molar-refractivity contribution in [3.63, 3.8) is 0 Å². The standard InChI is InChI=1S/C24H30FN3O4.C10H21N3/c25-22-18-14-28(20-8-9-21(29)26-23(20)30)24(31)17(18)6-7-19(22)27-12-10-16(11-13-27)32-15-4-2-1-3-5-15;1-12-4-6-13(7-5-12)9-10-2-3-11-8-10/h6-7,15-16,20H,1-5,8-14H2,(H,26,29,30);10-11H,2-9H2,1H3. The number of likely N-dealkylation sites (N-methyl/N-ethyl adjacent to an activating group) is 1. The van der Waals surface area contributed by atoms with Crippen molar-refractivity contribution in [2.45, 2.75) is 89.0 Å². The summed E-state index contributed by atoms with van der Waals surface area (Å²) >= 11 is 0. The molecule has 2 unspecified atom stereocenters. The van der Waals surface area contributed by atoms with Crippen LogP contribution in [0.2, 0.25) is 0 Å². The molecule has 4 saturated heterocycles. The number of rotatable bonds is 6. The Balaban J connectivity index is 0.000000229. The van der Waals surface area contributed by atoms with Crippen LogP contribution >= 0.6 is 0 Å². The summed E-state index contributed by atoms with van der Waals surface area (Å²) in [4.78, 5) is 45.0. The molecule has 5 fully saturated rings. The summed E-state index contributed by atoms with van der Waals surface area (Å²) in [5, 5.41) is 5.71. The third-order valence-corrected chi connectivity index (χ3v) is 10.6. The second kappa shape index (κ2) is 14.9. The van der Waals surface area contributed by atoms with E-state index in [4.69, 9.17) is 4.74 Å². The Hall–Kier alpha value is -2.60. The smallest absolute Gasteiger partial charge is 0.255 e. The van der Waals surface area contributed by atoms with Gasteiger partial charge in [-0.1, -0.05) is 19.3 Å². The van der Waals surface area contributed by atoms with Crippen molar-refractivity contribution in [1.29, 1.82) is 0 Å². The molecule has 2 N–H and O–H groups in total. The minimum absolute atomic E-state index is 0.0569. The van der Waals surface area contributed by atoms with Crippen LogP contribution in [0.1, 0.15) is 80.1 Å². The molecule has 5 aliphatic heterocycles. The molecule has 1 aromatic rings. The van der Waals surface area contributed by atoms with Gasteiger partial charge in [-0.25, -0.2) is 4.39 Å². The van der Waals surface area contributed by atoms with Gasteiger partial charge in [0, 0.05) is 63.4 Å². The van der Waals surface area contributed by atoms with Crippen LogP contribution in [0.3, 0.4) is 0 Å². The number of piperidine rings is 2. The highest BCUT2D eigenvalue weighted by Gasteiger charge is 2.41. The van der Waals surface area contributed by atoms with Crippen molar-refractivity contribution in [2.75, 3.05) is 70.9 Å². The molecule has 10 nitrogen and oxygen atoms in total. The third-order valence-electron chi connectivity index (χ3n) is 10.6. The molecule has 0 spiro atoms. The minimum Gasteiger partial charge on any atom is -0.375 e. The van der Waals surface area contributed by atoms with Crippen molar-refractivity contribution in [1.82, 2.24) is 25.3 Å². The summed E-state index contributed by atoms with van der Waals surface area (Å²) in [6.45, 7) is 10.3. The van der Waals surface area contributed by atoms with Gasteiger partial charge in [-0.3, -0.25) is 19.7 Å². The van der Waals surface area contributed by atoms with Crippen LogP contribution in [-0.2, 0) is 20.9 Å². The molecule has 6 aliphatic rings. The molecule has 2 atom stereocenters. The van der Waals surface area contributed by atoms with Gasteiger partial charge in [0.05, 0.1) is 24.4 Å². The normalized spacial score (nSPS) is 27.4. The number of fused-ring (bicyclic) bond motifs is 1. The van der Waals surface area contributed by atoms with Gasteiger partial charge in [-0.2, -0.15) is 0 Å². The van der Waals surface area contributed by atoms with Gasteiger partial charge in [0.25, 0.3) is 5.91 Å². The van der Waals surface area contributed by atoms with Gasteiger partial charge in [-0.15, -0.1) is 0 Å². The highest BCUT2D eigenvalue weighted by molar-refractivity contribution is 6.05. The number of hydrogen-bond acceptors (Lipinski definition) is 8. The van der Waals surface area contributed by atoms with Crippen LogP contribution in [-0.4, -0.2) is 117 Å². The van der Waals surface area contributed by atoms with Crippen LogP contribution < -0.4 is 15.5 Å². The number of nitrogens with zero attached hydrogens (tertiary/aromatic N) is 4. The first-order valence-corrected chi connectivity index (χ1v) is 17.3. The van der Waals surface area contributed by atoms with E-state index in [0.717, 1.165) is 44.7 Å². The fraction of sp³-hybridized carbons (Fsp3) is 0.735. The predicted octanol–water partition coefficient (Wildman–Crippen LogP) is 2.75. The van der Waals surface area contributed by atoms with E-state index in [1.165, 1.54) is 76.4 Å². The molecular weight excluding hydrogens is 575 g/mol. The second-order valence-electron chi connectivity index (χ2n) is 13.9. The number of carbonyl (C=O) groups excluding carboxylic acids is 3. The minimum atomic E-state index is -0.733. The maximum Gasteiger partial charge on any atom is 0.255 e. The van der Waals surface area contributed by atoms with E-state index in [2.05, 4.69) is 27.5 Å². The maximum absolute atomic E-state index is 15.5. The number of hydrogen-bond donors (Lipinski definition) is 2. The van der Waals surface area contributed by atoms with Gasteiger partial charge in [0.2, 0.25) is 11.8 Å². The summed E-state index contributed by atoms with van der Waals surface area (Å²) in [7, 11) is 2.22. The van der Waals surface area contributed by atoms with E-state index in [1.807, 2.05) is 4.90 Å². The van der Waals surface area contributed by atoms with Crippen molar-refractivity contribution >= 4 is 23.4 Å².